The molecule has 0 aliphatic heterocycles. The maximum atomic E-state index is 13.8. The Morgan fingerprint density at radius 3 is 2.21 bits per heavy atom. The first-order chi connectivity index (χ1) is 14.1. The fraction of sp³-hybridized carbons (Fsp3) is 0.292. The zero-order valence-electron chi connectivity index (χ0n) is 17.0. The van der Waals surface area contributed by atoms with Crippen LogP contribution in [0, 0.1) is 0 Å². The van der Waals surface area contributed by atoms with Gasteiger partial charge >= 0.3 is 0 Å². The van der Waals surface area contributed by atoms with Crippen LogP contribution in [0.15, 0.2) is 73.2 Å². The molecule has 2 aromatic carbocycles. The van der Waals surface area contributed by atoms with Crippen LogP contribution in [0.3, 0.4) is 0 Å². The van der Waals surface area contributed by atoms with Crippen molar-refractivity contribution in [1.82, 2.24) is 19.8 Å². The highest BCUT2D eigenvalue weighted by Crippen LogP contribution is 2.36. The van der Waals surface area contributed by atoms with Gasteiger partial charge in [-0.1, -0.05) is 54.6 Å². The summed E-state index contributed by atoms with van der Waals surface area (Å²) in [6.07, 6.45) is 4.68. The molecule has 0 saturated carbocycles. The third kappa shape index (κ3) is 3.91. The molecule has 0 unspecified atom stereocenters. The Morgan fingerprint density at radius 1 is 0.931 bits per heavy atom. The lowest BCUT2D eigenvalue weighted by atomic mass is 9.91. The zero-order chi connectivity index (χ0) is 20.3. The summed E-state index contributed by atoms with van der Waals surface area (Å²) in [5, 5.41) is 0. The maximum absolute atomic E-state index is 13.8. The van der Waals surface area contributed by atoms with E-state index in [1.54, 1.807) is 11.1 Å². The lowest BCUT2D eigenvalue weighted by Gasteiger charge is -2.40. The van der Waals surface area contributed by atoms with E-state index in [0.29, 0.717) is 6.54 Å². The Kier molecular flexibility index (Phi) is 5.41. The molecule has 0 spiro atoms. The molecule has 0 bridgehead atoms. The molecular weight excluding hydrogens is 360 g/mol. The Labute approximate surface area is 172 Å². The van der Waals surface area contributed by atoms with Crippen molar-refractivity contribution in [3.8, 4) is 0 Å². The van der Waals surface area contributed by atoms with E-state index in [2.05, 4.69) is 58.3 Å². The van der Waals surface area contributed by atoms with Crippen LogP contribution < -0.4 is 0 Å². The van der Waals surface area contributed by atoms with Gasteiger partial charge in [-0.15, -0.1) is 0 Å². The van der Waals surface area contributed by atoms with E-state index in [9.17, 15) is 4.79 Å². The molecule has 4 rings (SSSR count). The van der Waals surface area contributed by atoms with Crippen molar-refractivity contribution in [2.75, 3.05) is 14.1 Å². The van der Waals surface area contributed by atoms with Gasteiger partial charge in [0.2, 0.25) is 5.91 Å². The van der Waals surface area contributed by atoms with Gasteiger partial charge in [0, 0.05) is 32.6 Å². The highest BCUT2D eigenvalue weighted by molar-refractivity contribution is 5.88. The number of carbonyl (C=O) groups is 1. The number of hydrogen-bond donors (Lipinski definition) is 0. The number of fused-ring (bicyclic) bond motifs is 1. The molecule has 5 heteroatoms. The predicted octanol–water partition coefficient (Wildman–Crippen LogP) is 3.10. The van der Waals surface area contributed by atoms with Gasteiger partial charge in [-0.05, 0) is 29.8 Å². The minimum absolute atomic E-state index is 0.130. The highest BCUT2D eigenvalue weighted by atomic mass is 16.2. The molecule has 1 aliphatic carbocycles. The number of carbonyl (C=O) groups excluding carboxylic acids is 1. The average Bonchev–Trinajstić information content (AvgIpc) is 3.15. The molecule has 1 heterocycles. The van der Waals surface area contributed by atoms with Crippen LogP contribution in [0.2, 0.25) is 0 Å². The predicted molar refractivity (Wildman–Crippen MR) is 113 cm³/mol. The second kappa shape index (κ2) is 8.13. The van der Waals surface area contributed by atoms with Crippen LogP contribution in [0.25, 0.3) is 0 Å². The summed E-state index contributed by atoms with van der Waals surface area (Å²) in [5.41, 5.74) is 3.97. The summed E-state index contributed by atoms with van der Waals surface area (Å²) in [6.45, 7) is 1.19. The number of likely N-dealkylation sites (N-methyl/N-ethyl adjacent to an activating group) is 2. The second-order valence-corrected chi connectivity index (χ2v) is 7.86. The molecule has 0 radical (unpaired) electrons. The largest absolute Gasteiger partial charge is 0.338 e. The maximum Gasteiger partial charge on any atom is 0.243 e. The van der Waals surface area contributed by atoms with E-state index in [1.165, 1.54) is 23.0 Å². The first kappa shape index (κ1) is 19.3. The fourth-order valence-electron chi connectivity index (χ4n) is 4.27. The van der Waals surface area contributed by atoms with E-state index in [1.807, 2.05) is 31.3 Å². The SMILES string of the molecule is CN(Cc1ccncn1)C(=O)C1(N(C)Cc2ccccc2)Cc2ccccc2C1. The lowest BCUT2D eigenvalue weighted by molar-refractivity contribution is -0.143. The van der Waals surface area contributed by atoms with Crippen molar-refractivity contribution in [2.24, 2.45) is 0 Å². The molecule has 1 amide bonds. The van der Waals surface area contributed by atoms with Crippen LogP contribution in [0.1, 0.15) is 22.4 Å². The normalized spacial score (nSPS) is 14.6. The van der Waals surface area contributed by atoms with Crippen LogP contribution in [0.4, 0.5) is 0 Å². The summed E-state index contributed by atoms with van der Waals surface area (Å²) in [5.74, 6) is 0.130. The summed E-state index contributed by atoms with van der Waals surface area (Å²) in [4.78, 5) is 26.1. The van der Waals surface area contributed by atoms with E-state index in [-0.39, 0.29) is 5.91 Å². The van der Waals surface area contributed by atoms with Gasteiger partial charge in [0.1, 0.15) is 11.9 Å². The Balaban J connectivity index is 1.62. The van der Waals surface area contributed by atoms with Gasteiger partial charge in [0.25, 0.3) is 0 Å². The van der Waals surface area contributed by atoms with Gasteiger partial charge in [0.15, 0.2) is 0 Å². The molecular formula is C24H26N4O. The van der Waals surface area contributed by atoms with Crippen molar-refractivity contribution in [3.05, 3.63) is 95.6 Å². The second-order valence-electron chi connectivity index (χ2n) is 7.86. The molecule has 1 aromatic heterocycles. The molecule has 0 N–H and O–H groups in total. The van der Waals surface area contributed by atoms with Gasteiger partial charge in [-0.25, -0.2) is 9.97 Å². The van der Waals surface area contributed by atoms with E-state index in [4.69, 9.17) is 0 Å². The average molecular weight is 386 g/mol. The first-order valence-electron chi connectivity index (χ1n) is 9.91. The summed E-state index contributed by atoms with van der Waals surface area (Å²) in [6, 6.07) is 20.6. The van der Waals surface area contributed by atoms with Crippen LogP contribution in [-0.4, -0.2) is 45.3 Å². The zero-order valence-corrected chi connectivity index (χ0v) is 17.0. The molecule has 5 nitrogen and oxygen atoms in total. The van der Waals surface area contributed by atoms with E-state index >= 15 is 0 Å². The third-order valence-corrected chi connectivity index (χ3v) is 5.86. The Morgan fingerprint density at radius 2 is 1.59 bits per heavy atom. The van der Waals surface area contributed by atoms with Gasteiger partial charge in [0.05, 0.1) is 12.2 Å². The summed E-state index contributed by atoms with van der Waals surface area (Å²) >= 11 is 0. The van der Waals surface area contributed by atoms with Crippen LogP contribution in [-0.2, 0) is 30.7 Å². The number of benzene rings is 2. The quantitative estimate of drug-likeness (QED) is 0.653. The van der Waals surface area contributed by atoms with Crippen molar-refractivity contribution >= 4 is 5.91 Å². The highest BCUT2D eigenvalue weighted by Gasteiger charge is 2.48. The Hall–Kier alpha value is -3.05. The van der Waals surface area contributed by atoms with Crippen molar-refractivity contribution in [3.63, 3.8) is 0 Å². The van der Waals surface area contributed by atoms with Crippen molar-refractivity contribution < 1.29 is 4.79 Å². The van der Waals surface area contributed by atoms with Gasteiger partial charge < -0.3 is 4.90 Å². The molecule has 3 aromatic rings. The standard InChI is InChI=1S/C24H26N4O/c1-27(17-22-12-13-25-18-26-22)23(29)24(14-20-10-6-7-11-21(20)15-24)28(2)16-19-8-4-3-5-9-19/h3-13,18H,14-17H2,1-2H3. The third-order valence-electron chi connectivity index (χ3n) is 5.86. The lowest BCUT2D eigenvalue weighted by Crippen LogP contribution is -2.58. The van der Waals surface area contributed by atoms with Crippen molar-refractivity contribution in [2.45, 2.75) is 31.5 Å². The molecule has 148 valence electrons. The molecule has 1 aliphatic rings. The monoisotopic (exact) mass is 386 g/mol. The number of hydrogen-bond acceptors (Lipinski definition) is 4. The van der Waals surface area contributed by atoms with Gasteiger partial charge in [-0.2, -0.15) is 0 Å². The van der Waals surface area contributed by atoms with Crippen LogP contribution in [0.5, 0.6) is 0 Å². The van der Waals surface area contributed by atoms with Crippen LogP contribution >= 0.6 is 0 Å². The van der Waals surface area contributed by atoms with Gasteiger partial charge in [-0.3, -0.25) is 9.69 Å². The number of aromatic nitrogens is 2. The number of rotatable bonds is 6. The molecule has 0 atom stereocenters. The van der Waals surface area contributed by atoms with E-state index < -0.39 is 5.54 Å². The number of nitrogens with zero attached hydrogens (tertiary/aromatic N) is 4. The molecule has 29 heavy (non-hydrogen) atoms. The first-order valence-corrected chi connectivity index (χ1v) is 9.91. The summed E-state index contributed by atoms with van der Waals surface area (Å²) < 4.78 is 0. The number of amides is 1. The summed E-state index contributed by atoms with van der Waals surface area (Å²) in [7, 11) is 3.93. The van der Waals surface area contributed by atoms with E-state index in [0.717, 1.165) is 25.1 Å². The smallest absolute Gasteiger partial charge is 0.243 e. The molecule has 0 fully saturated rings. The van der Waals surface area contributed by atoms with Crippen molar-refractivity contribution in [1.29, 1.82) is 0 Å². The minimum atomic E-state index is -0.596. The topological polar surface area (TPSA) is 49.3 Å². The molecule has 0 saturated heterocycles. The minimum Gasteiger partial charge on any atom is -0.338 e. The Bertz CT molecular complexity index is 949. The fourth-order valence-corrected chi connectivity index (χ4v) is 4.27.